The van der Waals surface area contributed by atoms with Crippen LogP contribution in [0, 0.1) is 0 Å². The van der Waals surface area contributed by atoms with E-state index in [4.69, 9.17) is 9.97 Å². The number of rotatable bonds is 47. The third-order valence-corrected chi connectivity index (χ3v) is 14.0. The van der Waals surface area contributed by atoms with E-state index in [1.807, 2.05) is 24.3 Å². The Morgan fingerprint density at radius 2 is 0.515 bits per heavy atom. The van der Waals surface area contributed by atoms with E-state index < -0.39 is 0 Å². The highest BCUT2D eigenvalue weighted by Crippen LogP contribution is 2.22. The van der Waals surface area contributed by atoms with E-state index in [0.29, 0.717) is 22.5 Å². The maximum atomic E-state index is 14.3. The zero-order valence-electron chi connectivity index (χ0n) is 44.2. The highest BCUT2D eigenvalue weighted by molar-refractivity contribution is 5.96. The summed E-state index contributed by atoms with van der Waals surface area (Å²) in [6.07, 6.45) is 55.1. The molecule has 0 fully saturated rings. The molecule has 6 nitrogen and oxygen atoms in total. The molecule has 0 aliphatic rings. The third kappa shape index (κ3) is 30.6. The number of aromatic nitrogens is 2. The van der Waals surface area contributed by atoms with Crippen LogP contribution >= 0.6 is 0 Å². The SMILES string of the molecule is CCCCCCCCCCCCN(CCCCCCCCCCCC)C(=O)c1ccnc(-c2cc(C(=O)N(CCCCCCCCCCCC)CCCCCCCCCCCC)ccn2)c1. The van der Waals surface area contributed by atoms with Gasteiger partial charge in [0.2, 0.25) is 0 Å². The van der Waals surface area contributed by atoms with Crippen molar-refractivity contribution in [1.29, 1.82) is 0 Å². The molecule has 2 amide bonds. The van der Waals surface area contributed by atoms with Crippen molar-refractivity contribution in [2.75, 3.05) is 26.2 Å². The van der Waals surface area contributed by atoms with Gasteiger partial charge in [-0.15, -0.1) is 0 Å². The average molecular weight is 916 g/mol. The zero-order chi connectivity index (χ0) is 47.4. The molecule has 2 heterocycles. The van der Waals surface area contributed by atoms with Crippen LogP contribution in [-0.4, -0.2) is 57.8 Å². The molecule has 0 N–H and O–H groups in total. The molecule has 0 bridgehead atoms. The molecule has 0 saturated heterocycles. The molecule has 0 aliphatic carbocycles. The number of hydrogen-bond donors (Lipinski definition) is 0. The first kappa shape index (κ1) is 59.4. The van der Waals surface area contributed by atoms with Gasteiger partial charge in [0.1, 0.15) is 0 Å². The number of hydrogen-bond acceptors (Lipinski definition) is 4. The fraction of sp³-hybridized carbons (Fsp3) is 0.800. The molecule has 0 radical (unpaired) electrons. The number of amides is 2. The van der Waals surface area contributed by atoms with Gasteiger partial charge >= 0.3 is 0 Å². The molecule has 2 aromatic heterocycles. The van der Waals surface area contributed by atoms with E-state index in [-0.39, 0.29) is 11.8 Å². The highest BCUT2D eigenvalue weighted by atomic mass is 16.2. The standard InChI is InChI=1S/C60H106N4O2/c1-5-9-13-17-21-25-29-33-37-41-49-63(50-42-38-34-30-26-22-18-14-10-6-2)59(65)55-45-47-61-57(53-55)58-54-56(46-48-62-58)60(66)64(51-43-39-35-31-27-23-19-15-11-7-3)52-44-40-36-32-28-24-20-16-12-8-4/h45-48,53-54H,5-44,49-52H2,1-4H3. The maximum absolute atomic E-state index is 14.3. The van der Waals surface area contributed by atoms with E-state index in [1.165, 1.54) is 231 Å². The normalized spacial score (nSPS) is 11.4. The van der Waals surface area contributed by atoms with Gasteiger partial charge in [-0.2, -0.15) is 0 Å². The van der Waals surface area contributed by atoms with E-state index in [1.54, 1.807) is 12.4 Å². The molecular formula is C60H106N4O2. The Balaban J connectivity index is 2.06. The molecule has 0 saturated carbocycles. The van der Waals surface area contributed by atoms with Crippen LogP contribution in [-0.2, 0) is 0 Å². The number of unbranched alkanes of at least 4 members (excludes halogenated alkanes) is 36. The van der Waals surface area contributed by atoms with Gasteiger partial charge in [-0.25, -0.2) is 0 Å². The van der Waals surface area contributed by atoms with E-state index in [2.05, 4.69) is 37.5 Å². The minimum atomic E-state index is 0.0943. The van der Waals surface area contributed by atoms with Crippen LogP contribution in [0.4, 0.5) is 0 Å². The van der Waals surface area contributed by atoms with Gasteiger partial charge in [0.05, 0.1) is 11.4 Å². The van der Waals surface area contributed by atoms with Crippen molar-refractivity contribution in [2.45, 2.75) is 285 Å². The molecule has 0 spiro atoms. The zero-order valence-corrected chi connectivity index (χ0v) is 44.2. The average Bonchev–Trinajstić information content (AvgIpc) is 3.34. The van der Waals surface area contributed by atoms with Gasteiger partial charge in [-0.1, -0.05) is 259 Å². The summed E-state index contributed by atoms with van der Waals surface area (Å²) in [6.45, 7) is 12.4. The second kappa shape index (κ2) is 43.5. The largest absolute Gasteiger partial charge is 0.339 e. The van der Waals surface area contributed by atoms with Crippen LogP contribution in [0.15, 0.2) is 36.7 Å². The van der Waals surface area contributed by atoms with Crippen LogP contribution in [0.2, 0.25) is 0 Å². The number of carbonyl (C=O) groups is 2. The van der Waals surface area contributed by atoms with Crippen LogP contribution < -0.4 is 0 Å². The Labute approximate surface area is 409 Å². The van der Waals surface area contributed by atoms with Gasteiger partial charge in [0.25, 0.3) is 11.8 Å². The molecule has 0 unspecified atom stereocenters. The van der Waals surface area contributed by atoms with E-state index in [9.17, 15) is 9.59 Å². The minimum absolute atomic E-state index is 0.0943. The molecule has 2 rings (SSSR count). The third-order valence-electron chi connectivity index (χ3n) is 14.0. The van der Waals surface area contributed by atoms with Gasteiger partial charge in [-0.3, -0.25) is 19.6 Å². The van der Waals surface area contributed by atoms with Crippen LogP contribution in [0.1, 0.15) is 305 Å². The fourth-order valence-corrected chi connectivity index (χ4v) is 9.56. The van der Waals surface area contributed by atoms with Crippen molar-refractivity contribution in [3.05, 3.63) is 47.8 Å². The molecule has 378 valence electrons. The quantitative estimate of drug-likeness (QED) is 0.0621. The van der Waals surface area contributed by atoms with Crippen LogP contribution in [0.5, 0.6) is 0 Å². The summed E-state index contributed by atoms with van der Waals surface area (Å²) in [5.74, 6) is 0.189. The first-order valence-electron chi connectivity index (χ1n) is 29.1. The molecular weight excluding hydrogens is 809 g/mol. The Hall–Kier alpha value is -2.76. The Bertz CT molecular complexity index is 1260. The molecule has 0 atom stereocenters. The van der Waals surface area contributed by atoms with Crippen molar-refractivity contribution in [1.82, 2.24) is 19.8 Å². The Morgan fingerprint density at radius 3 is 0.727 bits per heavy atom. The van der Waals surface area contributed by atoms with E-state index >= 15 is 0 Å². The predicted octanol–water partition coefficient (Wildman–Crippen LogP) is 18.7. The van der Waals surface area contributed by atoms with E-state index in [0.717, 1.165) is 51.9 Å². The van der Waals surface area contributed by atoms with Crippen molar-refractivity contribution < 1.29 is 9.59 Å². The lowest BCUT2D eigenvalue weighted by Crippen LogP contribution is -2.33. The summed E-state index contributed by atoms with van der Waals surface area (Å²) in [5.41, 5.74) is 2.65. The minimum Gasteiger partial charge on any atom is -0.339 e. The summed E-state index contributed by atoms with van der Waals surface area (Å²) >= 11 is 0. The Kier molecular flexibility index (Phi) is 39.1. The molecule has 0 aliphatic heterocycles. The van der Waals surface area contributed by atoms with Crippen LogP contribution in [0.3, 0.4) is 0 Å². The molecule has 66 heavy (non-hydrogen) atoms. The van der Waals surface area contributed by atoms with Gasteiger partial charge < -0.3 is 9.80 Å². The van der Waals surface area contributed by atoms with Crippen molar-refractivity contribution in [3.63, 3.8) is 0 Å². The summed E-state index contributed by atoms with van der Waals surface area (Å²) in [6, 6.07) is 7.56. The lowest BCUT2D eigenvalue weighted by molar-refractivity contribution is 0.0741. The highest BCUT2D eigenvalue weighted by Gasteiger charge is 2.19. The smallest absolute Gasteiger partial charge is 0.253 e. The van der Waals surface area contributed by atoms with Gasteiger partial charge in [-0.05, 0) is 49.9 Å². The first-order valence-corrected chi connectivity index (χ1v) is 29.1. The fourth-order valence-electron chi connectivity index (χ4n) is 9.56. The second-order valence-corrected chi connectivity index (χ2v) is 20.2. The topological polar surface area (TPSA) is 66.4 Å². The number of carbonyl (C=O) groups excluding carboxylic acids is 2. The van der Waals surface area contributed by atoms with Crippen LogP contribution in [0.25, 0.3) is 11.4 Å². The number of nitrogens with zero attached hydrogens (tertiary/aromatic N) is 4. The lowest BCUT2D eigenvalue weighted by Gasteiger charge is -2.23. The summed E-state index contributed by atoms with van der Waals surface area (Å²) in [7, 11) is 0. The first-order chi connectivity index (χ1) is 32.5. The van der Waals surface area contributed by atoms with Crippen molar-refractivity contribution >= 4 is 11.8 Å². The molecule has 0 aromatic carbocycles. The monoisotopic (exact) mass is 915 g/mol. The molecule has 6 heteroatoms. The summed E-state index contributed by atoms with van der Waals surface area (Å²) < 4.78 is 0. The van der Waals surface area contributed by atoms with Crippen molar-refractivity contribution in [2.24, 2.45) is 0 Å². The maximum Gasteiger partial charge on any atom is 0.253 e. The predicted molar refractivity (Wildman–Crippen MR) is 287 cm³/mol. The summed E-state index contributed by atoms with van der Waals surface area (Å²) in [5, 5.41) is 0. The molecule has 2 aromatic rings. The number of pyridine rings is 2. The lowest BCUT2D eigenvalue weighted by atomic mass is 10.1. The Morgan fingerprint density at radius 1 is 0.318 bits per heavy atom. The van der Waals surface area contributed by atoms with Crippen molar-refractivity contribution in [3.8, 4) is 11.4 Å². The van der Waals surface area contributed by atoms with Gasteiger partial charge in [0.15, 0.2) is 0 Å². The second-order valence-electron chi connectivity index (χ2n) is 20.2. The van der Waals surface area contributed by atoms with Gasteiger partial charge in [0, 0.05) is 49.7 Å². The summed E-state index contributed by atoms with van der Waals surface area (Å²) in [4.78, 5) is 42.2.